The van der Waals surface area contributed by atoms with E-state index < -0.39 is 0 Å². The third-order valence-electron chi connectivity index (χ3n) is 1.94. The van der Waals surface area contributed by atoms with Crippen molar-refractivity contribution in [2.75, 3.05) is 0 Å². The summed E-state index contributed by atoms with van der Waals surface area (Å²) in [6.07, 6.45) is 4.44. The second-order valence-electron chi connectivity index (χ2n) is 2.88. The number of aliphatic imine (C=N–C) groups is 1. The van der Waals surface area contributed by atoms with Crippen molar-refractivity contribution in [3.8, 4) is 0 Å². The van der Waals surface area contributed by atoms with E-state index in [1.54, 1.807) is 6.33 Å². The van der Waals surface area contributed by atoms with Crippen molar-refractivity contribution in [2.24, 2.45) is 10.7 Å². The Balaban J connectivity index is 2.64. The Morgan fingerprint density at radius 3 is 3.13 bits per heavy atom. The molecule has 0 fully saturated rings. The van der Waals surface area contributed by atoms with Crippen molar-refractivity contribution in [3.63, 3.8) is 0 Å². The van der Waals surface area contributed by atoms with Gasteiger partial charge in [-0.2, -0.15) is 0 Å². The van der Waals surface area contributed by atoms with Crippen molar-refractivity contribution in [1.82, 2.24) is 9.38 Å². The minimum Gasteiger partial charge on any atom is -0.382 e. The van der Waals surface area contributed by atoms with Gasteiger partial charge >= 0.3 is 0 Å². The minimum absolute atomic E-state index is 0.245. The molecule has 2 aromatic heterocycles. The number of fused-ring (bicyclic) bond motifs is 1. The van der Waals surface area contributed by atoms with Crippen molar-refractivity contribution in [2.45, 2.75) is 0 Å². The van der Waals surface area contributed by atoms with E-state index in [-0.39, 0.29) is 5.84 Å². The number of rotatable bonds is 2. The molecular weight excluding hydrogens is 258 g/mol. The van der Waals surface area contributed by atoms with Crippen LogP contribution in [-0.4, -0.2) is 21.6 Å². The van der Waals surface area contributed by atoms with Crippen LogP contribution in [0.15, 0.2) is 34.1 Å². The van der Waals surface area contributed by atoms with Gasteiger partial charge in [0.2, 0.25) is 0 Å². The molecule has 0 atom stereocenters. The average molecular weight is 266 g/mol. The molecule has 0 aliphatic rings. The summed E-state index contributed by atoms with van der Waals surface area (Å²) in [5.74, 6) is 0.245. The van der Waals surface area contributed by atoms with Crippen molar-refractivity contribution >= 4 is 33.6 Å². The molecule has 0 saturated heterocycles. The molecule has 0 saturated carbocycles. The predicted octanol–water partition coefficient (Wildman–Crippen LogP) is 1.41. The van der Waals surface area contributed by atoms with Gasteiger partial charge in [-0.05, 0) is 28.1 Å². The first-order valence-electron chi connectivity index (χ1n) is 4.17. The topological polar surface area (TPSA) is 79.5 Å². The summed E-state index contributed by atoms with van der Waals surface area (Å²) < 4.78 is 2.80. The molecule has 0 aliphatic carbocycles. The largest absolute Gasteiger partial charge is 0.382 e. The number of pyridine rings is 1. The zero-order chi connectivity index (χ0) is 10.8. The summed E-state index contributed by atoms with van der Waals surface area (Å²) in [6, 6.07) is 3.79. The number of halogens is 1. The van der Waals surface area contributed by atoms with Gasteiger partial charge in [0, 0.05) is 10.7 Å². The van der Waals surface area contributed by atoms with Crippen LogP contribution in [0.25, 0.3) is 5.52 Å². The van der Waals surface area contributed by atoms with Crippen molar-refractivity contribution < 1.29 is 0 Å². The highest BCUT2D eigenvalue weighted by atomic mass is 79.9. The highest BCUT2D eigenvalue weighted by molar-refractivity contribution is 9.10. The van der Waals surface area contributed by atoms with Crippen LogP contribution in [0.1, 0.15) is 5.69 Å². The monoisotopic (exact) mass is 265 g/mol. The summed E-state index contributed by atoms with van der Waals surface area (Å²) in [5.41, 5.74) is 7.12. The van der Waals surface area contributed by atoms with Gasteiger partial charge in [0.25, 0.3) is 0 Å². The molecule has 0 spiro atoms. The number of imidazole rings is 1. The Bertz CT molecular complexity index is 542. The van der Waals surface area contributed by atoms with Crippen LogP contribution in [0.5, 0.6) is 0 Å². The summed E-state index contributed by atoms with van der Waals surface area (Å²) in [4.78, 5) is 7.83. The number of hydrogen-bond acceptors (Lipinski definition) is 2. The second kappa shape index (κ2) is 3.82. The standard InChI is InChI=1S/C9H8BrN5/c10-6-1-2-7-8(9(12)13-4-11)14-5-15(7)3-6/h1-5H,(H3,11,12,13). The van der Waals surface area contributed by atoms with E-state index in [4.69, 9.17) is 11.1 Å². The first-order valence-corrected chi connectivity index (χ1v) is 4.96. The average Bonchev–Trinajstić information content (AvgIpc) is 2.60. The number of nitrogens with zero attached hydrogens (tertiary/aromatic N) is 3. The van der Waals surface area contributed by atoms with Gasteiger partial charge < -0.3 is 10.1 Å². The third-order valence-corrected chi connectivity index (χ3v) is 2.41. The SMILES string of the molecule is N=CN=C(N)c1ncn2cc(Br)ccc12. The van der Waals surface area contributed by atoms with Crippen LogP contribution in [0, 0.1) is 5.41 Å². The van der Waals surface area contributed by atoms with Crippen molar-refractivity contribution in [3.05, 3.63) is 34.8 Å². The number of aromatic nitrogens is 2. The smallest absolute Gasteiger partial charge is 0.153 e. The number of amidine groups is 1. The van der Waals surface area contributed by atoms with E-state index in [1.807, 2.05) is 22.7 Å². The van der Waals surface area contributed by atoms with E-state index in [0.717, 1.165) is 16.3 Å². The van der Waals surface area contributed by atoms with Crippen LogP contribution < -0.4 is 5.73 Å². The van der Waals surface area contributed by atoms with Crippen LogP contribution in [0.4, 0.5) is 0 Å². The lowest BCUT2D eigenvalue weighted by molar-refractivity contribution is 1.14. The van der Waals surface area contributed by atoms with Gasteiger partial charge in [-0.25, -0.2) is 9.98 Å². The van der Waals surface area contributed by atoms with E-state index in [0.29, 0.717) is 5.69 Å². The Kier molecular flexibility index (Phi) is 2.51. The predicted molar refractivity (Wildman–Crippen MR) is 62.4 cm³/mol. The zero-order valence-corrected chi connectivity index (χ0v) is 9.27. The highest BCUT2D eigenvalue weighted by Gasteiger charge is 2.07. The molecule has 2 rings (SSSR count). The number of hydrogen-bond donors (Lipinski definition) is 2. The molecule has 6 heteroatoms. The first kappa shape index (κ1) is 9.85. The third kappa shape index (κ3) is 1.75. The lowest BCUT2D eigenvalue weighted by Crippen LogP contribution is -2.14. The molecule has 0 radical (unpaired) electrons. The van der Waals surface area contributed by atoms with Crippen LogP contribution >= 0.6 is 15.9 Å². The zero-order valence-electron chi connectivity index (χ0n) is 7.68. The summed E-state index contributed by atoms with van der Waals surface area (Å²) >= 11 is 3.36. The maximum absolute atomic E-state index is 6.84. The Morgan fingerprint density at radius 1 is 1.60 bits per heavy atom. The fourth-order valence-electron chi connectivity index (χ4n) is 1.30. The fraction of sp³-hybridized carbons (Fsp3) is 0. The molecule has 76 valence electrons. The Labute approximate surface area is 94.3 Å². The summed E-state index contributed by atoms with van der Waals surface area (Å²) in [6.45, 7) is 0. The molecule has 0 aromatic carbocycles. The van der Waals surface area contributed by atoms with Gasteiger partial charge in [0.1, 0.15) is 18.4 Å². The molecule has 0 unspecified atom stereocenters. The van der Waals surface area contributed by atoms with E-state index in [9.17, 15) is 0 Å². The summed E-state index contributed by atoms with van der Waals surface area (Å²) in [7, 11) is 0. The van der Waals surface area contributed by atoms with Gasteiger partial charge in [-0.1, -0.05) is 0 Å². The van der Waals surface area contributed by atoms with Crippen LogP contribution in [0.2, 0.25) is 0 Å². The molecule has 2 heterocycles. The van der Waals surface area contributed by atoms with E-state index in [1.165, 1.54) is 0 Å². The molecule has 2 aromatic rings. The molecule has 0 bridgehead atoms. The molecule has 0 aliphatic heterocycles. The molecule has 3 N–H and O–H groups in total. The summed E-state index contributed by atoms with van der Waals surface area (Å²) in [5, 5.41) is 6.84. The normalized spacial score (nSPS) is 11.9. The van der Waals surface area contributed by atoms with Gasteiger partial charge in [0.15, 0.2) is 5.84 Å². The maximum atomic E-state index is 6.84. The Morgan fingerprint density at radius 2 is 2.40 bits per heavy atom. The first-order chi connectivity index (χ1) is 7.22. The Hall–Kier alpha value is -1.69. The fourth-order valence-corrected chi connectivity index (χ4v) is 1.65. The number of nitrogens with one attached hydrogen (secondary N) is 1. The van der Waals surface area contributed by atoms with E-state index in [2.05, 4.69) is 25.9 Å². The molecular formula is C9H8BrN5. The lowest BCUT2D eigenvalue weighted by Gasteiger charge is -1.97. The number of nitrogens with two attached hydrogens (primary N) is 1. The van der Waals surface area contributed by atoms with Crippen LogP contribution in [0.3, 0.4) is 0 Å². The van der Waals surface area contributed by atoms with Gasteiger partial charge in [0.05, 0.1) is 5.52 Å². The molecule has 0 amide bonds. The van der Waals surface area contributed by atoms with Gasteiger partial charge in [-0.3, -0.25) is 5.41 Å². The molecule has 5 nitrogen and oxygen atoms in total. The van der Waals surface area contributed by atoms with Gasteiger partial charge in [-0.15, -0.1) is 0 Å². The maximum Gasteiger partial charge on any atom is 0.153 e. The molecule has 15 heavy (non-hydrogen) atoms. The van der Waals surface area contributed by atoms with Crippen molar-refractivity contribution in [1.29, 1.82) is 5.41 Å². The lowest BCUT2D eigenvalue weighted by atomic mass is 10.3. The minimum atomic E-state index is 0.245. The quantitative estimate of drug-likeness (QED) is 0.636. The highest BCUT2D eigenvalue weighted by Crippen LogP contribution is 2.14. The second-order valence-corrected chi connectivity index (χ2v) is 3.79. The van der Waals surface area contributed by atoms with Crippen LogP contribution in [-0.2, 0) is 0 Å². The van der Waals surface area contributed by atoms with E-state index >= 15 is 0 Å².